The van der Waals surface area contributed by atoms with Crippen molar-refractivity contribution in [2.24, 2.45) is 0 Å². The second-order valence-electron chi connectivity index (χ2n) is 4.79. The summed E-state index contributed by atoms with van der Waals surface area (Å²) in [6.07, 6.45) is 0. The smallest absolute Gasteiger partial charge is 0.123 e. The predicted molar refractivity (Wildman–Crippen MR) is 79.4 cm³/mol. The summed E-state index contributed by atoms with van der Waals surface area (Å²) in [6.45, 7) is 2.44. The lowest BCUT2D eigenvalue weighted by Crippen LogP contribution is -2.18. The summed E-state index contributed by atoms with van der Waals surface area (Å²) in [6, 6.07) is 14.1. The number of nitriles is 1. The zero-order chi connectivity index (χ0) is 15.2. The zero-order valence-corrected chi connectivity index (χ0v) is 12.1. The Hall–Kier alpha value is -2.38. The Labute approximate surface area is 124 Å². The Morgan fingerprint density at radius 3 is 2.81 bits per heavy atom. The second-order valence-corrected chi connectivity index (χ2v) is 4.79. The molecular formula is C17H17FN2O. The number of nitrogens with zero attached hydrogens (tertiary/aromatic N) is 1. The van der Waals surface area contributed by atoms with Gasteiger partial charge in [-0.25, -0.2) is 4.39 Å². The van der Waals surface area contributed by atoms with E-state index in [1.807, 2.05) is 31.2 Å². The zero-order valence-electron chi connectivity index (χ0n) is 12.1. The highest BCUT2D eigenvalue weighted by Crippen LogP contribution is 2.19. The van der Waals surface area contributed by atoms with Gasteiger partial charge in [-0.2, -0.15) is 5.26 Å². The first-order chi connectivity index (χ1) is 10.1. The Morgan fingerprint density at radius 2 is 2.10 bits per heavy atom. The number of rotatable bonds is 5. The van der Waals surface area contributed by atoms with Crippen LogP contribution in [0, 0.1) is 17.1 Å². The van der Waals surface area contributed by atoms with Gasteiger partial charge in [0.25, 0.3) is 0 Å². The van der Waals surface area contributed by atoms with Crippen molar-refractivity contribution in [1.29, 1.82) is 5.26 Å². The van der Waals surface area contributed by atoms with Gasteiger partial charge in [0.05, 0.1) is 18.7 Å². The number of hydrogen-bond donors (Lipinski definition) is 1. The lowest BCUT2D eigenvalue weighted by Gasteiger charge is -2.15. The molecule has 108 valence electrons. The Morgan fingerprint density at radius 1 is 1.29 bits per heavy atom. The number of benzene rings is 2. The summed E-state index contributed by atoms with van der Waals surface area (Å²) in [5.41, 5.74) is 2.22. The van der Waals surface area contributed by atoms with Gasteiger partial charge in [0, 0.05) is 12.6 Å². The van der Waals surface area contributed by atoms with Crippen LogP contribution in [0.3, 0.4) is 0 Å². The fourth-order valence-electron chi connectivity index (χ4n) is 2.11. The van der Waals surface area contributed by atoms with Gasteiger partial charge in [-0.15, -0.1) is 0 Å². The van der Waals surface area contributed by atoms with Gasteiger partial charge in [-0.3, -0.25) is 0 Å². The molecule has 2 aromatic carbocycles. The first-order valence-electron chi connectivity index (χ1n) is 6.70. The normalized spacial score (nSPS) is 11.7. The molecule has 0 saturated carbocycles. The standard InChI is InChI=1S/C17H17FN2O/c1-12(13-4-3-5-17(9-13)21-2)20-11-15-8-16(18)7-6-14(15)10-19/h3-9,12,20H,11H2,1-2H3/t12-/m0/s1. The molecule has 0 bridgehead atoms. The van der Waals surface area contributed by atoms with Gasteiger partial charge in [-0.05, 0) is 48.4 Å². The molecule has 2 aromatic rings. The van der Waals surface area contributed by atoms with E-state index < -0.39 is 0 Å². The maximum Gasteiger partial charge on any atom is 0.123 e. The highest BCUT2D eigenvalue weighted by Gasteiger charge is 2.08. The van der Waals surface area contributed by atoms with Crippen molar-refractivity contribution < 1.29 is 9.13 Å². The fraction of sp³-hybridized carbons (Fsp3) is 0.235. The molecule has 0 aliphatic heterocycles. The van der Waals surface area contributed by atoms with Gasteiger partial charge in [0.1, 0.15) is 11.6 Å². The van der Waals surface area contributed by atoms with Crippen molar-refractivity contribution in [3.8, 4) is 11.8 Å². The molecule has 2 rings (SSSR count). The van der Waals surface area contributed by atoms with Gasteiger partial charge >= 0.3 is 0 Å². The van der Waals surface area contributed by atoms with E-state index in [2.05, 4.69) is 11.4 Å². The number of methoxy groups -OCH3 is 1. The Balaban J connectivity index is 2.09. The number of halogens is 1. The monoisotopic (exact) mass is 284 g/mol. The summed E-state index contributed by atoms with van der Waals surface area (Å²) >= 11 is 0. The molecule has 1 atom stereocenters. The molecule has 0 saturated heterocycles. The van der Waals surface area contributed by atoms with E-state index in [4.69, 9.17) is 10.00 Å². The number of hydrogen-bond acceptors (Lipinski definition) is 3. The third kappa shape index (κ3) is 3.80. The van der Waals surface area contributed by atoms with Crippen LogP contribution < -0.4 is 10.1 Å². The van der Waals surface area contributed by atoms with Crippen LogP contribution >= 0.6 is 0 Å². The van der Waals surface area contributed by atoms with E-state index >= 15 is 0 Å². The van der Waals surface area contributed by atoms with Crippen molar-refractivity contribution in [2.75, 3.05) is 7.11 Å². The lowest BCUT2D eigenvalue weighted by atomic mass is 10.1. The minimum atomic E-state index is -0.333. The first kappa shape index (κ1) is 15.0. The van der Waals surface area contributed by atoms with Crippen LogP contribution in [-0.4, -0.2) is 7.11 Å². The number of nitrogens with one attached hydrogen (secondary N) is 1. The molecule has 0 radical (unpaired) electrons. The van der Waals surface area contributed by atoms with Crippen LogP contribution in [0.2, 0.25) is 0 Å². The molecule has 4 heteroatoms. The van der Waals surface area contributed by atoms with E-state index in [0.29, 0.717) is 17.7 Å². The van der Waals surface area contributed by atoms with Gasteiger partial charge in [-0.1, -0.05) is 12.1 Å². The molecule has 0 aliphatic rings. The molecule has 0 aliphatic carbocycles. The predicted octanol–water partition coefficient (Wildman–Crippen LogP) is 3.56. The quantitative estimate of drug-likeness (QED) is 0.913. The van der Waals surface area contributed by atoms with Crippen LogP contribution in [-0.2, 0) is 6.54 Å². The summed E-state index contributed by atoms with van der Waals surface area (Å²) in [4.78, 5) is 0. The second kappa shape index (κ2) is 6.87. The van der Waals surface area contributed by atoms with Gasteiger partial charge < -0.3 is 10.1 Å². The molecule has 3 nitrogen and oxygen atoms in total. The van der Waals surface area contributed by atoms with Crippen molar-refractivity contribution in [3.63, 3.8) is 0 Å². The average Bonchev–Trinajstić information content (AvgIpc) is 2.52. The SMILES string of the molecule is COc1cccc([C@H](C)NCc2cc(F)ccc2C#N)c1. The van der Waals surface area contributed by atoms with Crippen molar-refractivity contribution >= 4 is 0 Å². The largest absolute Gasteiger partial charge is 0.497 e. The summed E-state index contributed by atoms with van der Waals surface area (Å²) < 4.78 is 18.5. The molecular weight excluding hydrogens is 267 g/mol. The minimum absolute atomic E-state index is 0.0647. The van der Waals surface area contributed by atoms with Crippen molar-refractivity contribution in [1.82, 2.24) is 5.32 Å². The van der Waals surface area contributed by atoms with Gasteiger partial charge in [0.15, 0.2) is 0 Å². The summed E-state index contributed by atoms with van der Waals surface area (Å²) in [5.74, 6) is 0.462. The third-order valence-corrected chi connectivity index (χ3v) is 3.38. The fourth-order valence-corrected chi connectivity index (χ4v) is 2.11. The Kier molecular flexibility index (Phi) is 4.91. The van der Waals surface area contributed by atoms with E-state index in [1.165, 1.54) is 18.2 Å². The maximum atomic E-state index is 13.3. The topological polar surface area (TPSA) is 45.0 Å². The first-order valence-corrected chi connectivity index (χ1v) is 6.70. The van der Waals surface area contributed by atoms with Gasteiger partial charge in [0.2, 0.25) is 0 Å². The average molecular weight is 284 g/mol. The molecule has 0 unspecified atom stereocenters. The lowest BCUT2D eigenvalue weighted by molar-refractivity contribution is 0.413. The minimum Gasteiger partial charge on any atom is -0.497 e. The van der Waals surface area contributed by atoms with Crippen LogP contribution in [0.4, 0.5) is 4.39 Å². The third-order valence-electron chi connectivity index (χ3n) is 3.38. The molecule has 21 heavy (non-hydrogen) atoms. The van der Waals surface area contributed by atoms with Crippen LogP contribution in [0.15, 0.2) is 42.5 Å². The summed E-state index contributed by atoms with van der Waals surface area (Å²) in [7, 11) is 1.63. The molecule has 0 fully saturated rings. The Bertz CT molecular complexity index is 664. The molecule has 0 heterocycles. The molecule has 0 spiro atoms. The maximum absolute atomic E-state index is 13.3. The van der Waals surface area contributed by atoms with Crippen molar-refractivity contribution in [2.45, 2.75) is 19.5 Å². The summed E-state index contributed by atoms with van der Waals surface area (Å²) in [5, 5.41) is 12.3. The van der Waals surface area contributed by atoms with E-state index in [9.17, 15) is 4.39 Å². The highest BCUT2D eigenvalue weighted by atomic mass is 19.1. The van der Waals surface area contributed by atoms with Crippen LogP contribution in [0.25, 0.3) is 0 Å². The van der Waals surface area contributed by atoms with E-state index in [1.54, 1.807) is 7.11 Å². The number of ether oxygens (including phenoxy) is 1. The molecule has 0 amide bonds. The van der Waals surface area contributed by atoms with E-state index in [0.717, 1.165) is 11.3 Å². The van der Waals surface area contributed by atoms with Crippen LogP contribution in [0.5, 0.6) is 5.75 Å². The van der Waals surface area contributed by atoms with Crippen molar-refractivity contribution in [3.05, 3.63) is 65.0 Å². The van der Waals surface area contributed by atoms with Crippen LogP contribution in [0.1, 0.15) is 29.7 Å². The molecule has 1 N–H and O–H groups in total. The molecule has 0 aromatic heterocycles. The highest BCUT2D eigenvalue weighted by molar-refractivity contribution is 5.38. The van der Waals surface area contributed by atoms with E-state index in [-0.39, 0.29) is 11.9 Å².